The third-order valence-corrected chi connectivity index (χ3v) is 5.70. The highest BCUT2D eigenvalue weighted by molar-refractivity contribution is 6.36. The van der Waals surface area contributed by atoms with Gasteiger partial charge in [-0.05, 0) is 46.8 Å². The number of ether oxygens (including phenoxy) is 3. The average molecular weight is 503 g/mol. The first-order valence-corrected chi connectivity index (χ1v) is 11.6. The van der Waals surface area contributed by atoms with E-state index >= 15 is 0 Å². The van der Waals surface area contributed by atoms with Gasteiger partial charge in [-0.2, -0.15) is 5.10 Å². The van der Waals surface area contributed by atoms with E-state index in [1.54, 1.807) is 26.0 Å². The molecule has 0 aliphatic carbocycles. The van der Waals surface area contributed by atoms with E-state index in [1.165, 1.54) is 10.6 Å². The zero-order valence-electron chi connectivity index (χ0n) is 20.1. The first-order valence-electron chi connectivity index (χ1n) is 11.2. The van der Waals surface area contributed by atoms with Crippen LogP contribution in [0.15, 0.2) is 18.2 Å². The van der Waals surface area contributed by atoms with Crippen LogP contribution in [0.2, 0.25) is 5.02 Å². The number of hydrogen-bond acceptors (Lipinski definition) is 8. The lowest BCUT2D eigenvalue weighted by Gasteiger charge is -2.29. The van der Waals surface area contributed by atoms with Crippen LogP contribution >= 0.6 is 11.6 Å². The largest absolute Gasteiger partial charge is 0.490 e. The van der Waals surface area contributed by atoms with Gasteiger partial charge in [-0.25, -0.2) is 19.1 Å². The lowest BCUT2D eigenvalue weighted by Crippen LogP contribution is -2.30. The molecule has 2 N–H and O–H groups in total. The van der Waals surface area contributed by atoms with E-state index in [4.69, 9.17) is 25.8 Å². The van der Waals surface area contributed by atoms with Crippen LogP contribution in [0.4, 0.5) is 5.69 Å². The maximum absolute atomic E-state index is 13.2. The zero-order chi connectivity index (χ0) is 25.5. The van der Waals surface area contributed by atoms with Crippen molar-refractivity contribution in [2.75, 3.05) is 25.1 Å². The van der Waals surface area contributed by atoms with Crippen LogP contribution in [0.3, 0.4) is 0 Å². The van der Waals surface area contributed by atoms with Gasteiger partial charge in [-0.15, -0.1) is 0 Å². The average Bonchev–Trinajstić information content (AvgIpc) is 3.21. The minimum absolute atomic E-state index is 0.151. The molecule has 0 amide bonds. The summed E-state index contributed by atoms with van der Waals surface area (Å²) < 4.78 is 18.6. The molecule has 3 heterocycles. The zero-order valence-corrected chi connectivity index (χ0v) is 20.9. The van der Waals surface area contributed by atoms with Crippen molar-refractivity contribution in [2.24, 2.45) is 0 Å². The molecule has 0 saturated carbocycles. The number of nitrogens with zero attached hydrogens (tertiary/aromatic N) is 3. The van der Waals surface area contributed by atoms with Gasteiger partial charge in [0, 0.05) is 29.4 Å². The fourth-order valence-corrected chi connectivity index (χ4v) is 4.28. The minimum Gasteiger partial charge on any atom is -0.490 e. The third-order valence-electron chi connectivity index (χ3n) is 5.30. The van der Waals surface area contributed by atoms with Gasteiger partial charge >= 0.3 is 11.9 Å². The van der Waals surface area contributed by atoms with Crippen molar-refractivity contribution in [3.63, 3.8) is 0 Å². The Morgan fingerprint density at radius 3 is 2.74 bits per heavy atom. The Balaban J connectivity index is 2.08. The second kappa shape index (κ2) is 9.35. The molecule has 11 heteroatoms. The second-order valence-electron chi connectivity index (χ2n) is 9.00. The van der Waals surface area contributed by atoms with Crippen molar-refractivity contribution in [3.8, 4) is 17.0 Å². The first kappa shape index (κ1) is 24.7. The number of hydrogen-bond donors (Lipinski definition) is 2. The molecule has 0 spiro atoms. The van der Waals surface area contributed by atoms with Gasteiger partial charge in [-0.1, -0.05) is 11.6 Å². The Hall–Kier alpha value is -3.37. The number of aromatic carboxylic acids is 1. The van der Waals surface area contributed by atoms with Gasteiger partial charge in [0.05, 0.1) is 28.6 Å². The molecule has 0 radical (unpaired) electrons. The van der Waals surface area contributed by atoms with E-state index in [0.29, 0.717) is 52.1 Å². The number of carboxylic acid groups (broad SMARTS) is 1. The summed E-state index contributed by atoms with van der Waals surface area (Å²) in [5.74, 6) is -1.22. The minimum atomic E-state index is -1.21. The number of esters is 1. The van der Waals surface area contributed by atoms with Crippen LogP contribution in [0, 0.1) is 6.92 Å². The molecule has 1 aromatic carbocycles. The number of anilines is 1. The number of carbonyl (C=O) groups excluding carboxylic acids is 1. The van der Waals surface area contributed by atoms with Crippen LogP contribution < -0.4 is 10.1 Å². The number of fused-ring (bicyclic) bond motifs is 2. The third kappa shape index (κ3) is 4.76. The smallest absolute Gasteiger partial charge is 0.356 e. The molecule has 0 saturated heterocycles. The van der Waals surface area contributed by atoms with E-state index in [9.17, 15) is 14.7 Å². The molecule has 35 heavy (non-hydrogen) atoms. The van der Waals surface area contributed by atoms with Crippen LogP contribution in [0.5, 0.6) is 5.75 Å². The number of benzene rings is 1. The summed E-state index contributed by atoms with van der Waals surface area (Å²) in [4.78, 5) is 29.4. The van der Waals surface area contributed by atoms with Gasteiger partial charge in [-0.3, -0.25) is 0 Å². The van der Waals surface area contributed by atoms with Crippen molar-refractivity contribution in [2.45, 2.75) is 46.3 Å². The standard InChI is InChI=1S/C24H27ClN4O6/c1-6-33-23(32)21(35-24(3,4)5)17-12(2)27-16-11-14(22(30)31)28-29(16)20(17)13-7-8-15-19(18(13)25)26-9-10-34-15/h7-8,11,21,26H,6,9-10H2,1-5H3,(H,30,31)/t21-/m0/s1. The molecule has 0 bridgehead atoms. The van der Waals surface area contributed by atoms with Gasteiger partial charge in [0.1, 0.15) is 12.4 Å². The van der Waals surface area contributed by atoms with E-state index in [1.807, 2.05) is 20.8 Å². The predicted octanol–water partition coefficient (Wildman–Crippen LogP) is 4.28. The van der Waals surface area contributed by atoms with Crippen molar-refractivity contribution in [1.29, 1.82) is 0 Å². The molecule has 186 valence electrons. The Kier molecular flexibility index (Phi) is 6.61. The fourth-order valence-electron chi connectivity index (χ4n) is 3.97. The van der Waals surface area contributed by atoms with Gasteiger partial charge < -0.3 is 24.6 Å². The number of carbonyl (C=O) groups is 2. The molecule has 0 unspecified atom stereocenters. The molecule has 1 atom stereocenters. The number of aryl methyl sites for hydroxylation is 1. The van der Waals surface area contributed by atoms with E-state index in [-0.39, 0.29) is 17.9 Å². The Bertz CT molecular complexity index is 1310. The summed E-state index contributed by atoms with van der Waals surface area (Å²) in [6.45, 7) is 10.1. The summed E-state index contributed by atoms with van der Waals surface area (Å²) in [7, 11) is 0. The van der Waals surface area contributed by atoms with E-state index in [2.05, 4.69) is 15.4 Å². The number of carboxylic acids is 1. The summed E-state index contributed by atoms with van der Waals surface area (Å²) in [5, 5.41) is 17.4. The monoisotopic (exact) mass is 502 g/mol. The van der Waals surface area contributed by atoms with E-state index < -0.39 is 23.6 Å². The molecule has 4 rings (SSSR count). The highest BCUT2D eigenvalue weighted by atomic mass is 35.5. The molecular formula is C24H27ClN4O6. The Morgan fingerprint density at radius 2 is 2.09 bits per heavy atom. The topological polar surface area (TPSA) is 124 Å². The normalized spacial score (nSPS) is 14.1. The summed E-state index contributed by atoms with van der Waals surface area (Å²) in [6, 6.07) is 4.87. The quantitative estimate of drug-likeness (QED) is 0.475. The predicted molar refractivity (Wildman–Crippen MR) is 129 cm³/mol. The number of aromatic nitrogens is 3. The van der Waals surface area contributed by atoms with Gasteiger partial charge in [0.25, 0.3) is 0 Å². The Labute approximate surface area is 207 Å². The lowest BCUT2D eigenvalue weighted by molar-refractivity contribution is -0.166. The molecule has 3 aromatic rings. The van der Waals surface area contributed by atoms with Gasteiger partial charge in [0.2, 0.25) is 0 Å². The fraction of sp³-hybridized carbons (Fsp3) is 0.417. The Morgan fingerprint density at radius 1 is 1.34 bits per heavy atom. The highest BCUT2D eigenvalue weighted by Gasteiger charge is 2.35. The number of nitrogens with one attached hydrogen (secondary N) is 1. The second-order valence-corrected chi connectivity index (χ2v) is 9.38. The number of halogens is 1. The molecule has 10 nitrogen and oxygen atoms in total. The van der Waals surface area contributed by atoms with E-state index in [0.717, 1.165) is 0 Å². The van der Waals surface area contributed by atoms with Crippen molar-refractivity contribution < 1.29 is 28.9 Å². The van der Waals surface area contributed by atoms with Crippen LogP contribution in [-0.4, -0.2) is 57.0 Å². The molecular weight excluding hydrogens is 476 g/mol. The van der Waals surface area contributed by atoms with Gasteiger partial charge in [0.15, 0.2) is 17.4 Å². The maximum Gasteiger partial charge on any atom is 0.356 e. The molecule has 1 aliphatic rings. The first-order chi connectivity index (χ1) is 16.5. The van der Waals surface area contributed by atoms with Crippen LogP contribution in [0.1, 0.15) is 55.5 Å². The molecule has 2 aromatic heterocycles. The molecule has 1 aliphatic heterocycles. The van der Waals surface area contributed by atoms with Crippen LogP contribution in [-0.2, 0) is 14.3 Å². The molecule has 0 fully saturated rings. The van der Waals surface area contributed by atoms with Crippen molar-refractivity contribution in [3.05, 3.63) is 40.2 Å². The lowest BCUT2D eigenvalue weighted by atomic mass is 9.98. The van der Waals surface area contributed by atoms with Crippen LogP contribution in [0.25, 0.3) is 16.9 Å². The SMILES string of the molecule is CCOC(=O)[C@@H](OC(C)(C)C)c1c(C)nc2cc(C(=O)O)nn2c1-c1ccc2c(c1Cl)NCCO2. The van der Waals surface area contributed by atoms with Crippen molar-refractivity contribution in [1.82, 2.24) is 14.6 Å². The highest BCUT2D eigenvalue weighted by Crippen LogP contribution is 2.44. The summed E-state index contributed by atoms with van der Waals surface area (Å²) >= 11 is 6.86. The van der Waals surface area contributed by atoms with Crippen molar-refractivity contribution >= 4 is 34.9 Å². The number of rotatable bonds is 6. The summed E-state index contributed by atoms with van der Waals surface area (Å²) in [6.07, 6.45) is -1.17. The maximum atomic E-state index is 13.2. The summed E-state index contributed by atoms with van der Waals surface area (Å²) in [5.41, 5.74) is 1.67.